The van der Waals surface area contributed by atoms with Crippen LogP contribution in [0, 0.1) is 5.41 Å². The third kappa shape index (κ3) is 0.659. The zero-order valence-corrected chi connectivity index (χ0v) is 6.90. The van der Waals surface area contributed by atoms with Gasteiger partial charge in [0.15, 0.2) is 0 Å². The predicted molar refractivity (Wildman–Crippen MR) is 43.3 cm³/mol. The van der Waals surface area contributed by atoms with Gasteiger partial charge in [-0.25, -0.2) is 0 Å². The van der Waals surface area contributed by atoms with Crippen molar-refractivity contribution in [2.75, 3.05) is 6.54 Å². The van der Waals surface area contributed by atoms with Gasteiger partial charge in [-0.05, 0) is 12.8 Å². The van der Waals surface area contributed by atoms with Crippen LogP contribution in [0.5, 0.6) is 0 Å². The number of rotatable bonds is 1. The lowest BCUT2D eigenvalue weighted by molar-refractivity contribution is -0.0446. The second kappa shape index (κ2) is 2.07. The predicted octanol–water partition coefficient (Wildman–Crippen LogP) is 0.550. The maximum Gasteiger partial charge on any atom is 0.120 e. The summed E-state index contributed by atoms with van der Waals surface area (Å²) in [5, 5.41) is 11.1. The fourth-order valence-corrected chi connectivity index (χ4v) is 2.33. The molecule has 1 saturated heterocycles. The maximum atomic E-state index is 3.82. The van der Waals surface area contributed by atoms with E-state index in [0.29, 0.717) is 11.6 Å². The molecule has 0 amide bonds. The monoisotopic (exact) mass is 164 g/mol. The van der Waals surface area contributed by atoms with Gasteiger partial charge in [0.1, 0.15) is 12.7 Å². The molecular weight excluding hydrogens is 152 g/mol. The van der Waals surface area contributed by atoms with Crippen LogP contribution < -0.4 is 5.32 Å². The first-order chi connectivity index (χ1) is 5.91. The molecule has 1 aromatic rings. The van der Waals surface area contributed by atoms with Gasteiger partial charge < -0.3 is 4.57 Å². The molecule has 64 valence electrons. The molecule has 1 aliphatic carbocycles. The summed E-state index contributed by atoms with van der Waals surface area (Å²) in [6, 6.07) is 0. The lowest BCUT2D eigenvalue weighted by atomic mass is 9.62. The minimum atomic E-state index is 0.473. The van der Waals surface area contributed by atoms with E-state index in [4.69, 9.17) is 0 Å². The summed E-state index contributed by atoms with van der Waals surface area (Å²) < 4.78 is 2.09. The van der Waals surface area contributed by atoms with Crippen molar-refractivity contribution in [1.29, 1.82) is 0 Å². The number of hydrogen-bond acceptors (Lipinski definition) is 3. The van der Waals surface area contributed by atoms with E-state index in [0.717, 1.165) is 0 Å². The first kappa shape index (κ1) is 6.60. The van der Waals surface area contributed by atoms with Crippen molar-refractivity contribution in [1.82, 2.24) is 20.1 Å². The third-order valence-corrected chi connectivity index (χ3v) is 3.31. The van der Waals surface area contributed by atoms with E-state index in [1.807, 2.05) is 0 Å². The zero-order chi connectivity index (χ0) is 8.02. The van der Waals surface area contributed by atoms with E-state index in [2.05, 4.69) is 20.1 Å². The molecule has 4 heteroatoms. The second-order valence-electron chi connectivity index (χ2n) is 3.91. The molecule has 0 bridgehead atoms. The first-order valence-corrected chi connectivity index (χ1v) is 4.48. The van der Waals surface area contributed by atoms with Crippen LogP contribution in [-0.2, 0) is 0 Å². The van der Waals surface area contributed by atoms with E-state index < -0.39 is 0 Å². The van der Waals surface area contributed by atoms with Gasteiger partial charge in [0, 0.05) is 12.0 Å². The summed E-state index contributed by atoms with van der Waals surface area (Å²) in [4.78, 5) is 0. The van der Waals surface area contributed by atoms with Crippen LogP contribution in [0.2, 0.25) is 0 Å². The van der Waals surface area contributed by atoms with E-state index in [-0.39, 0.29) is 0 Å². The standard InChI is InChI=1S/C8H12N4/c1-2-8(3-1)4-9-7(8)12-5-10-11-6-12/h5-7,9H,1-4H2. The first-order valence-electron chi connectivity index (χ1n) is 4.48. The van der Waals surface area contributed by atoms with Crippen LogP contribution in [-0.4, -0.2) is 21.3 Å². The fourth-order valence-electron chi connectivity index (χ4n) is 2.33. The van der Waals surface area contributed by atoms with Gasteiger partial charge in [-0.3, -0.25) is 5.32 Å². The number of aromatic nitrogens is 3. The molecule has 1 spiro atoms. The molecule has 2 heterocycles. The van der Waals surface area contributed by atoms with Gasteiger partial charge in [0.05, 0.1) is 6.17 Å². The highest BCUT2D eigenvalue weighted by atomic mass is 15.3. The van der Waals surface area contributed by atoms with Crippen LogP contribution in [0.15, 0.2) is 12.7 Å². The average molecular weight is 164 g/mol. The van der Waals surface area contributed by atoms with Crippen LogP contribution in [0.3, 0.4) is 0 Å². The zero-order valence-electron chi connectivity index (χ0n) is 6.90. The SMILES string of the molecule is c1nncn1C1NCC12CCC2. The van der Waals surface area contributed by atoms with Gasteiger partial charge in [-0.15, -0.1) is 10.2 Å². The maximum absolute atomic E-state index is 3.82. The summed E-state index contributed by atoms with van der Waals surface area (Å²) in [5.41, 5.74) is 0.558. The normalized spacial score (nSPS) is 31.2. The number of hydrogen-bond donors (Lipinski definition) is 1. The lowest BCUT2D eigenvalue weighted by Gasteiger charge is -2.56. The molecule has 0 aromatic carbocycles. The minimum absolute atomic E-state index is 0.473. The molecule has 2 aliphatic rings. The van der Waals surface area contributed by atoms with Crippen molar-refractivity contribution in [3.05, 3.63) is 12.7 Å². The van der Waals surface area contributed by atoms with Crippen LogP contribution in [0.4, 0.5) is 0 Å². The van der Waals surface area contributed by atoms with Gasteiger partial charge in [-0.2, -0.15) is 0 Å². The Labute approximate surface area is 71.0 Å². The Morgan fingerprint density at radius 1 is 1.33 bits per heavy atom. The molecule has 2 fully saturated rings. The van der Waals surface area contributed by atoms with E-state index in [1.165, 1.54) is 25.8 Å². The van der Waals surface area contributed by atoms with Gasteiger partial charge >= 0.3 is 0 Å². The topological polar surface area (TPSA) is 42.7 Å². The smallest absolute Gasteiger partial charge is 0.120 e. The van der Waals surface area contributed by atoms with E-state index >= 15 is 0 Å². The minimum Gasteiger partial charge on any atom is -0.303 e. The van der Waals surface area contributed by atoms with Crippen LogP contribution in [0.1, 0.15) is 25.4 Å². The Bertz CT molecular complexity index is 270. The van der Waals surface area contributed by atoms with Crippen molar-refractivity contribution in [3.8, 4) is 0 Å². The highest BCUT2D eigenvalue weighted by molar-refractivity contribution is 5.04. The Morgan fingerprint density at radius 3 is 2.50 bits per heavy atom. The van der Waals surface area contributed by atoms with Crippen LogP contribution >= 0.6 is 0 Å². The molecule has 1 unspecified atom stereocenters. The quantitative estimate of drug-likeness (QED) is 0.659. The summed E-state index contributed by atoms with van der Waals surface area (Å²) in [6.07, 6.45) is 8.20. The molecule has 12 heavy (non-hydrogen) atoms. The summed E-state index contributed by atoms with van der Waals surface area (Å²) in [7, 11) is 0. The van der Waals surface area contributed by atoms with E-state index in [9.17, 15) is 0 Å². The second-order valence-corrected chi connectivity index (χ2v) is 3.91. The van der Waals surface area contributed by atoms with Gasteiger partial charge in [0.25, 0.3) is 0 Å². The Balaban J connectivity index is 1.86. The van der Waals surface area contributed by atoms with Crippen molar-refractivity contribution < 1.29 is 0 Å². The Morgan fingerprint density at radius 2 is 2.08 bits per heavy atom. The largest absolute Gasteiger partial charge is 0.303 e. The number of nitrogens with zero attached hydrogens (tertiary/aromatic N) is 3. The molecule has 0 radical (unpaired) electrons. The summed E-state index contributed by atoms with van der Waals surface area (Å²) >= 11 is 0. The lowest BCUT2D eigenvalue weighted by Crippen LogP contribution is -2.61. The van der Waals surface area contributed by atoms with Crippen molar-refractivity contribution in [2.24, 2.45) is 5.41 Å². The Hall–Kier alpha value is -0.900. The van der Waals surface area contributed by atoms with Gasteiger partial charge in [-0.1, -0.05) is 6.42 Å². The summed E-state index contributed by atoms with van der Waals surface area (Å²) in [6.45, 7) is 1.18. The van der Waals surface area contributed by atoms with E-state index in [1.54, 1.807) is 12.7 Å². The van der Waals surface area contributed by atoms with Crippen molar-refractivity contribution in [2.45, 2.75) is 25.4 Å². The fraction of sp³-hybridized carbons (Fsp3) is 0.750. The van der Waals surface area contributed by atoms with Crippen LogP contribution in [0.25, 0.3) is 0 Å². The molecule has 4 nitrogen and oxygen atoms in total. The van der Waals surface area contributed by atoms with Crippen molar-refractivity contribution >= 4 is 0 Å². The third-order valence-electron chi connectivity index (χ3n) is 3.31. The summed E-state index contributed by atoms with van der Waals surface area (Å²) in [5.74, 6) is 0. The van der Waals surface area contributed by atoms with Gasteiger partial charge in [0.2, 0.25) is 0 Å². The molecule has 1 atom stereocenters. The average Bonchev–Trinajstić information content (AvgIpc) is 2.33. The molecule has 1 N–H and O–H groups in total. The Kier molecular flexibility index (Phi) is 1.14. The highest BCUT2D eigenvalue weighted by Gasteiger charge is 2.51. The van der Waals surface area contributed by atoms with Crippen molar-refractivity contribution in [3.63, 3.8) is 0 Å². The molecule has 1 saturated carbocycles. The molecule has 3 rings (SSSR count). The number of nitrogens with one attached hydrogen (secondary N) is 1. The highest BCUT2D eigenvalue weighted by Crippen LogP contribution is 2.52. The molecule has 1 aliphatic heterocycles. The molecular formula is C8H12N4. The molecule has 1 aromatic heterocycles.